The van der Waals surface area contributed by atoms with Crippen LogP contribution in [0.2, 0.25) is 0 Å². The molecule has 0 aliphatic rings. The molecule has 10 heteroatoms. The highest BCUT2D eigenvalue weighted by Gasteiger charge is 2.26. The summed E-state index contributed by atoms with van der Waals surface area (Å²) in [5.41, 5.74) is 5.41. The molecule has 0 aromatic rings. The van der Waals surface area contributed by atoms with Crippen LogP contribution in [0.4, 0.5) is 0 Å². The zero-order valence-electron chi connectivity index (χ0n) is 62.1. The van der Waals surface area contributed by atoms with E-state index in [1.54, 1.807) is 0 Å². The molecule has 0 aromatic heterocycles. The minimum Gasteiger partial charge on any atom is -0.462 e. The summed E-state index contributed by atoms with van der Waals surface area (Å²) >= 11 is 0. The lowest BCUT2D eigenvalue weighted by molar-refractivity contribution is -0.161. The molecular formula is C89H138NO8P. The zero-order chi connectivity index (χ0) is 71.5. The van der Waals surface area contributed by atoms with Gasteiger partial charge < -0.3 is 20.1 Å². The van der Waals surface area contributed by atoms with E-state index < -0.39 is 32.5 Å². The monoisotopic (exact) mass is 1380 g/mol. The van der Waals surface area contributed by atoms with Gasteiger partial charge in [-0.25, -0.2) is 4.57 Å². The minimum atomic E-state index is -4.42. The number of carbonyl (C=O) groups excluding carboxylic acids is 2. The van der Waals surface area contributed by atoms with Gasteiger partial charge in [-0.1, -0.05) is 334 Å². The second-order valence-corrected chi connectivity index (χ2v) is 25.9. The number of allylic oxidation sites excluding steroid dienone is 40. The molecule has 9 nitrogen and oxygen atoms in total. The zero-order valence-corrected chi connectivity index (χ0v) is 63.0. The Morgan fingerprint density at radius 3 is 0.778 bits per heavy atom. The van der Waals surface area contributed by atoms with E-state index in [2.05, 4.69) is 257 Å². The van der Waals surface area contributed by atoms with Crippen molar-refractivity contribution < 1.29 is 37.6 Å². The van der Waals surface area contributed by atoms with Gasteiger partial charge in [0.25, 0.3) is 0 Å². The van der Waals surface area contributed by atoms with Gasteiger partial charge in [0.1, 0.15) is 6.61 Å². The van der Waals surface area contributed by atoms with Crippen molar-refractivity contribution >= 4 is 19.8 Å². The topological polar surface area (TPSA) is 134 Å². The maximum Gasteiger partial charge on any atom is 0.472 e. The summed E-state index contributed by atoms with van der Waals surface area (Å²) < 4.78 is 33.2. The first-order chi connectivity index (χ1) is 48.8. The molecule has 0 saturated carbocycles. The maximum atomic E-state index is 12.8. The van der Waals surface area contributed by atoms with Gasteiger partial charge in [-0.2, -0.15) is 0 Å². The highest BCUT2D eigenvalue weighted by Crippen LogP contribution is 2.43. The Labute approximate surface area is 606 Å². The predicted octanol–water partition coefficient (Wildman–Crippen LogP) is 26.3. The van der Waals surface area contributed by atoms with Gasteiger partial charge >= 0.3 is 19.8 Å². The van der Waals surface area contributed by atoms with Crippen molar-refractivity contribution in [1.29, 1.82) is 0 Å². The van der Waals surface area contributed by atoms with Gasteiger partial charge in [-0.05, 0) is 167 Å². The minimum absolute atomic E-state index is 0.0384. The van der Waals surface area contributed by atoms with E-state index in [1.165, 1.54) is 51.4 Å². The standard InChI is InChI=1S/C89H138NO8P/c1-3-5-7-9-11-13-15-17-19-21-23-25-27-29-31-33-35-37-39-41-43-45-47-49-51-53-55-57-59-61-63-65-67-69-71-73-75-77-79-81-88(91)95-85-87(86-97-99(93,94)96-84-83-90)98-89(92)82-80-78-76-74-72-70-68-66-64-62-60-58-56-54-52-50-48-46-44-42-40-38-36-34-32-30-28-26-24-22-20-18-16-14-12-10-8-6-4-2/h5-8,11-14,17-20,23-26,29-32,35-38,41-44,47-50,53-56,59-62,87H,3-4,9-10,15-16,21-22,27-28,33-34,39-40,45-46,51-52,57-58,63-86,90H2,1-2H3,(H,93,94)/b7-5-,8-6-,13-11-,14-12-,19-17-,20-18-,25-23-,26-24-,31-29-,32-30-,37-35-,38-36-,43-41-,44-42-,49-47-,50-48-,55-53-,56-54-,61-59-,62-60-. The molecule has 0 amide bonds. The third kappa shape index (κ3) is 80.7. The molecule has 0 bridgehead atoms. The highest BCUT2D eigenvalue weighted by molar-refractivity contribution is 7.47. The molecule has 2 atom stereocenters. The van der Waals surface area contributed by atoms with Crippen LogP contribution in [-0.4, -0.2) is 49.3 Å². The molecule has 0 fully saturated rings. The first-order valence-electron chi connectivity index (χ1n) is 38.5. The molecule has 552 valence electrons. The van der Waals surface area contributed by atoms with Crippen molar-refractivity contribution in [3.8, 4) is 0 Å². The Morgan fingerprint density at radius 1 is 0.303 bits per heavy atom. The second kappa shape index (κ2) is 80.8. The third-order valence-corrected chi connectivity index (χ3v) is 16.2. The van der Waals surface area contributed by atoms with Crippen molar-refractivity contribution in [2.24, 2.45) is 5.73 Å². The summed E-state index contributed by atoms with van der Waals surface area (Å²) in [7, 11) is -4.42. The van der Waals surface area contributed by atoms with Gasteiger partial charge in [0.15, 0.2) is 6.10 Å². The van der Waals surface area contributed by atoms with Crippen LogP contribution in [0.15, 0.2) is 243 Å². The highest BCUT2D eigenvalue weighted by atomic mass is 31.2. The normalized spacial score (nSPS) is 14.3. The molecular weight excluding hydrogens is 1240 g/mol. The quantitative estimate of drug-likeness (QED) is 0.0264. The Hall–Kier alpha value is -6.19. The number of hydrogen-bond donors (Lipinski definition) is 2. The summed E-state index contributed by atoms with van der Waals surface area (Å²) in [6.45, 7) is 3.47. The number of phosphoric acid groups is 1. The number of ether oxygens (including phenoxy) is 2. The van der Waals surface area contributed by atoms with E-state index in [4.69, 9.17) is 24.3 Å². The fourth-order valence-corrected chi connectivity index (χ4v) is 10.4. The van der Waals surface area contributed by atoms with E-state index >= 15 is 0 Å². The summed E-state index contributed by atoms with van der Waals surface area (Å²) in [6.07, 6.45) is 128. The summed E-state index contributed by atoms with van der Waals surface area (Å²) in [5.74, 6) is -0.863. The average molecular weight is 1380 g/mol. The van der Waals surface area contributed by atoms with Gasteiger partial charge in [0, 0.05) is 19.4 Å². The van der Waals surface area contributed by atoms with Crippen LogP contribution in [-0.2, 0) is 32.7 Å². The fourth-order valence-electron chi connectivity index (χ4n) is 9.63. The second-order valence-electron chi connectivity index (χ2n) is 24.4. The first kappa shape index (κ1) is 92.8. The van der Waals surface area contributed by atoms with Crippen LogP contribution in [0.5, 0.6) is 0 Å². The van der Waals surface area contributed by atoms with Crippen molar-refractivity contribution in [3.63, 3.8) is 0 Å². The van der Waals surface area contributed by atoms with Crippen molar-refractivity contribution in [3.05, 3.63) is 243 Å². The Kier molecular flexibility index (Phi) is 75.7. The van der Waals surface area contributed by atoms with Crippen LogP contribution < -0.4 is 5.73 Å². The number of carbonyl (C=O) groups is 2. The van der Waals surface area contributed by atoms with Crippen LogP contribution in [0.25, 0.3) is 0 Å². The largest absolute Gasteiger partial charge is 0.472 e. The summed E-state index contributed by atoms with van der Waals surface area (Å²) in [6, 6.07) is 0. The lowest BCUT2D eigenvalue weighted by atomic mass is 10.1. The molecule has 0 radical (unpaired) electrons. The van der Waals surface area contributed by atoms with Crippen LogP contribution in [0.1, 0.15) is 271 Å². The van der Waals surface area contributed by atoms with Crippen LogP contribution >= 0.6 is 7.82 Å². The lowest BCUT2D eigenvalue weighted by Crippen LogP contribution is -2.29. The van der Waals surface area contributed by atoms with E-state index in [0.717, 1.165) is 180 Å². The summed E-state index contributed by atoms with van der Waals surface area (Å²) in [5, 5.41) is 0. The van der Waals surface area contributed by atoms with E-state index in [1.807, 2.05) is 0 Å². The molecule has 0 aliphatic heterocycles. The Morgan fingerprint density at radius 2 is 0.525 bits per heavy atom. The van der Waals surface area contributed by atoms with E-state index in [9.17, 15) is 19.0 Å². The Bertz CT molecular complexity index is 2530. The number of hydrogen-bond acceptors (Lipinski definition) is 8. The number of rotatable bonds is 69. The van der Waals surface area contributed by atoms with Gasteiger partial charge in [-0.3, -0.25) is 18.6 Å². The first-order valence-corrected chi connectivity index (χ1v) is 40.0. The third-order valence-electron chi connectivity index (χ3n) is 15.2. The SMILES string of the molecule is CC/C=C\C/C=C\C/C=C\C/C=C\C/C=C\C/C=C\C/C=C\C/C=C\C/C=C\C/C=C\CCCCCCCCCCC(=O)OCC(COP(=O)(O)OCCN)OC(=O)CCCCCCCCCC/C=C\C/C=C\C/C=C\C/C=C\C/C=C\C/C=C\C/C=C\C/C=C\C/C=C\C/C=C\CC. The van der Waals surface area contributed by atoms with E-state index in [0.29, 0.717) is 12.8 Å². The molecule has 0 saturated heterocycles. The van der Waals surface area contributed by atoms with Gasteiger partial charge in [0.05, 0.1) is 13.2 Å². The molecule has 0 heterocycles. The molecule has 3 N–H and O–H groups in total. The predicted molar refractivity (Wildman–Crippen MR) is 430 cm³/mol. The molecule has 0 rings (SSSR count). The van der Waals surface area contributed by atoms with Gasteiger partial charge in [0.2, 0.25) is 0 Å². The molecule has 0 aromatic carbocycles. The van der Waals surface area contributed by atoms with Crippen molar-refractivity contribution in [2.45, 2.75) is 277 Å². The number of esters is 2. The number of unbranched alkanes of at least 4 members (excludes halogenated alkanes) is 16. The van der Waals surface area contributed by atoms with Crippen LogP contribution in [0.3, 0.4) is 0 Å². The fraction of sp³-hybridized carbons (Fsp3) is 0.528. The molecule has 0 spiro atoms. The van der Waals surface area contributed by atoms with Crippen LogP contribution in [0, 0.1) is 0 Å². The lowest BCUT2D eigenvalue weighted by Gasteiger charge is -2.19. The number of nitrogens with two attached hydrogens (primary N) is 1. The maximum absolute atomic E-state index is 12.8. The average Bonchev–Trinajstić information content (AvgIpc) is 1.52. The molecule has 99 heavy (non-hydrogen) atoms. The van der Waals surface area contributed by atoms with E-state index in [-0.39, 0.29) is 32.6 Å². The molecule has 0 aliphatic carbocycles. The Balaban J connectivity index is 4.01. The van der Waals surface area contributed by atoms with Crippen molar-refractivity contribution in [2.75, 3.05) is 26.4 Å². The molecule has 2 unspecified atom stereocenters. The van der Waals surface area contributed by atoms with Crippen molar-refractivity contribution in [1.82, 2.24) is 0 Å². The summed E-state index contributed by atoms with van der Waals surface area (Å²) in [4.78, 5) is 35.4. The van der Waals surface area contributed by atoms with Gasteiger partial charge in [-0.15, -0.1) is 0 Å². The number of phosphoric ester groups is 1. The smallest absolute Gasteiger partial charge is 0.462 e.